The molecule has 0 spiro atoms. The van der Waals surface area contributed by atoms with Gasteiger partial charge in [0.05, 0.1) is 13.0 Å². The molecule has 21 heavy (non-hydrogen) atoms. The van der Waals surface area contributed by atoms with Gasteiger partial charge in [-0.2, -0.15) is 0 Å². The Labute approximate surface area is 127 Å². The van der Waals surface area contributed by atoms with E-state index in [2.05, 4.69) is 11.5 Å². The molecule has 1 heterocycles. The summed E-state index contributed by atoms with van der Waals surface area (Å²) in [6.07, 6.45) is 3.39. The Morgan fingerprint density at radius 2 is 2.00 bits per heavy atom. The van der Waals surface area contributed by atoms with Gasteiger partial charge in [0.15, 0.2) is 0 Å². The molecule has 1 aliphatic rings. The second kappa shape index (κ2) is 8.47. The van der Waals surface area contributed by atoms with Gasteiger partial charge in [-0.15, -0.1) is 6.58 Å². The van der Waals surface area contributed by atoms with Crippen LogP contribution in [-0.4, -0.2) is 55.0 Å². The van der Waals surface area contributed by atoms with Crippen molar-refractivity contribution >= 4 is 5.91 Å². The van der Waals surface area contributed by atoms with Gasteiger partial charge in [-0.3, -0.25) is 9.69 Å². The lowest BCUT2D eigenvalue weighted by Crippen LogP contribution is -2.35. The number of rotatable bonds is 6. The number of carbonyl (C=O) groups excluding carboxylic acids is 1. The molecule has 1 fully saturated rings. The summed E-state index contributed by atoms with van der Waals surface area (Å²) in [5, 5.41) is 0. The lowest BCUT2D eigenvalue weighted by atomic mass is 10.3. The minimum atomic E-state index is 0.186. The maximum atomic E-state index is 12.2. The van der Waals surface area contributed by atoms with Crippen molar-refractivity contribution in [2.24, 2.45) is 0 Å². The van der Waals surface area contributed by atoms with Crippen molar-refractivity contribution in [2.45, 2.75) is 12.8 Å². The van der Waals surface area contributed by atoms with E-state index in [9.17, 15) is 4.79 Å². The zero-order valence-electron chi connectivity index (χ0n) is 12.5. The normalized spacial score (nSPS) is 16.3. The van der Waals surface area contributed by atoms with E-state index in [1.807, 2.05) is 41.3 Å². The first-order chi connectivity index (χ1) is 10.3. The van der Waals surface area contributed by atoms with Crippen molar-refractivity contribution in [3.8, 4) is 5.75 Å². The number of hydrogen-bond acceptors (Lipinski definition) is 3. The Kier molecular flexibility index (Phi) is 6.28. The van der Waals surface area contributed by atoms with Gasteiger partial charge in [-0.05, 0) is 18.6 Å². The Bertz CT molecular complexity index is 447. The van der Waals surface area contributed by atoms with Gasteiger partial charge in [-0.25, -0.2) is 0 Å². The maximum Gasteiger partial charge on any atom is 0.226 e. The highest BCUT2D eigenvalue weighted by atomic mass is 16.5. The Hall–Kier alpha value is -1.81. The molecular weight excluding hydrogens is 264 g/mol. The van der Waals surface area contributed by atoms with Crippen molar-refractivity contribution in [2.75, 3.05) is 39.3 Å². The van der Waals surface area contributed by atoms with Crippen LogP contribution in [-0.2, 0) is 4.79 Å². The molecular formula is C17H24N2O2. The molecule has 0 N–H and O–H groups in total. The molecule has 0 radical (unpaired) electrons. The predicted octanol–water partition coefficient (Wildman–Crippen LogP) is 2.18. The summed E-state index contributed by atoms with van der Waals surface area (Å²) in [5.41, 5.74) is 0. The number of amides is 1. The van der Waals surface area contributed by atoms with Crippen LogP contribution in [0.15, 0.2) is 43.0 Å². The molecule has 0 saturated carbocycles. The molecule has 2 rings (SSSR count). The SMILES string of the molecule is C=CCN1CCCN(C(=O)CCOc2ccccc2)CC1. The van der Waals surface area contributed by atoms with E-state index in [-0.39, 0.29) is 5.91 Å². The van der Waals surface area contributed by atoms with Gasteiger partial charge in [0.2, 0.25) is 5.91 Å². The molecule has 1 aromatic rings. The van der Waals surface area contributed by atoms with Crippen LogP contribution >= 0.6 is 0 Å². The van der Waals surface area contributed by atoms with Gasteiger partial charge in [0.25, 0.3) is 0 Å². The first-order valence-corrected chi connectivity index (χ1v) is 7.58. The third-order valence-corrected chi connectivity index (χ3v) is 3.66. The van der Waals surface area contributed by atoms with E-state index in [0.717, 1.165) is 44.9 Å². The molecule has 114 valence electrons. The monoisotopic (exact) mass is 288 g/mol. The fourth-order valence-corrected chi connectivity index (χ4v) is 2.52. The van der Waals surface area contributed by atoms with Crippen LogP contribution in [0.5, 0.6) is 5.75 Å². The summed E-state index contributed by atoms with van der Waals surface area (Å²) < 4.78 is 5.59. The average molecular weight is 288 g/mol. The Morgan fingerprint density at radius 3 is 2.76 bits per heavy atom. The number of nitrogens with zero attached hydrogens (tertiary/aromatic N) is 2. The van der Waals surface area contributed by atoms with Crippen LogP contribution in [0.2, 0.25) is 0 Å². The molecule has 4 heteroatoms. The topological polar surface area (TPSA) is 32.8 Å². The Morgan fingerprint density at radius 1 is 1.19 bits per heavy atom. The number of hydrogen-bond donors (Lipinski definition) is 0. The molecule has 0 aliphatic carbocycles. The quantitative estimate of drug-likeness (QED) is 0.752. The summed E-state index contributed by atoms with van der Waals surface area (Å²) in [5.74, 6) is 1.00. The number of benzene rings is 1. The average Bonchev–Trinajstić information content (AvgIpc) is 2.74. The highest BCUT2D eigenvalue weighted by Gasteiger charge is 2.18. The second-order valence-corrected chi connectivity index (χ2v) is 5.24. The van der Waals surface area contributed by atoms with Crippen LogP contribution in [0.4, 0.5) is 0 Å². The summed E-state index contributed by atoms with van der Waals surface area (Å²) >= 11 is 0. The molecule has 4 nitrogen and oxygen atoms in total. The van der Waals surface area contributed by atoms with Gasteiger partial charge in [0.1, 0.15) is 5.75 Å². The van der Waals surface area contributed by atoms with Crippen molar-refractivity contribution in [1.29, 1.82) is 0 Å². The van der Waals surface area contributed by atoms with Crippen LogP contribution in [0.1, 0.15) is 12.8 Å². The van der Waals surface area contributed by atoms with Gasteiger partial charge >= 0.3 is 0 Å². The fourth-order valence-electron chi connectivity index (χ4n) is 2.52. The molecule has 0 bridgehead atoms. The zero-order valence-corrected chi connectivity index (χ0v) is 12.5. The first-order valence-electron chi connectivity index (χ1n) is 7.58. The van der Waals surface area contributed by atoms with E-state index < -0.39 is 0 Å². The van der Waals surface area contributed by atoms with E-state index in [0.29, 0.717) is 13.0 Å². The predicted molar refractivity (Wildman–Crippen MR) is 84.4 cm³/mol. The zero-order chi connectivity index (χ0) is 14.9. The first kappa shape index (κ1) is 15.6. The third kappa shape index (κ3) is 5.23. The van der Waals surface area contributed by atoms with Gasteiger partial charge in [0, 0.05) is 32.7 Å². The lowest BCUT2D eigenvalue weighted by molar-refractivity contribution is -0.131. The minimum absolute atomic E-state index is 0.186. The molecule has 1 amide bonds. The van der Waals surface area contributed by atoms with Crippen molar-refractivity contribution < 1.29 is 9.53 Å². The van der Waals surface area contributed by atoms with Crippen LogP contribution < -0.4 is 4.74 Å². The molecule has 0 aromatic heterocycles. The summed E-state index contributed by atoms with van der Waals surface area (Å²) in [7, 11) is 0. The van der Waals surface area contributed by atoms with E-state index in [4.69, 9.17) is 4.74 Å². The van der Waals surface area contributed by atoms with E-state index in [1.165, 1.54) is 0 Å². The molecule has 1 aromatic carbocycles. The standard InChI is InChI=1S/C17H24N2O2/c1-2-10-18-11-6-12-19(14-13-18)17(20)9-15-21-16-7-4-3-5-8-16/h2-5,7-8H,1,6,9-15H2. The minimum Gasteiger partial charge on any atom is -0.493 e. The maximum absolute atomic E-state index is 12.2. The third-order valence-electron chi connectivity index (χ3n) is 3.66. The lowest BCUT2D eigenvalue weighted by Gasteiger charge is -2.21. The number of ether oxygens (including phenoxy) is 1. The van der Waals surface area contributed by atoms with Crippen LogP contribution in [0.3, 0.4) is 0 Å². The summed E-state index contributed by atoms with van der Waals surface area (Å²) in [6.45, 7) is 8.73. The van der Waals surface area contributed by atoms with Crippen molar-refractivity contribution in [1.82, 2.24) is 9.80 Å². The highest BCUT2D eigenvalue weighted by molar-refractivity contribution is 5.76. The van der Waals surface area contributed by atoms with Crippen molar-refractivity contribution in [3.63, 3.8) is 0 Å². The second-order valence-electron chi connectivity index (χ2n) is 5.24. The Balaban J connectivity index is 1.71. The van der Waals surface area contributed by atoms with Crippen molar-refractivity contribution in [3.05, 3.63) is 43.0 Å². The smallest absolute Gasteiger partial charge is 0.226 e. The van der Waals surface area contributed by atoms with Gasteiger partial charge < -0.3 is 9.64 Å². The van der Waals surface area contributed by atoms with Crippen LogP contribution in [0.25, 0.3) is 0 Å². The van der Waals surface area contributed by atoms with Gasteiger partial charge in [-0.1, -0.05) is 24.3 Å². The molecule has 0 unspecified atom stereocenters. The molecule has 0 atom stereocenters. The highest BCUT2D eigenvalue weighted by Crippen LogP contribution is 2.09. The molecule has 1 saturated heterocycles. The fraction of sp³-hybridized carbons (Fsp3) is 0.471. The number of para-hydroxylation sites is 1. The summed E-state index contributed by atoms with van der Waals surface area (Å²) in [4.78, 5) is 16.5. The van der Waals surface area contributed by atoms with E-state index in [1.54, 1.807) is 0 Å². The largest absolute Gasteiger partial charge is 0.493 e. The summed E-state index contributed by atoms with van der Waals surface area (Å²) in [6, 6.07) is 9.62. The van der Waals surface area contributed by atoms with E-state index >= 15 is 0 Å². The molecule has 1 aliphatic heterocycles. The van der Waals surface area contributed by atoms with Crippen LogP contribution in [0, 0.1) is 0 Å². The number of carbonyl (C=O) groups is 1.